The first-order chi connectivity index (χ1) is 9.58. The predicted octanol–water partition coefficient (Wildman–Crippen LogP) is 1.42. The molecule has 20 heavy (non-hydrogen) atoms. The molecule has 6 nitrogen and oxygen atoms in total. The van der Waals surface area contributed by atoms with Crippen molar-refractivity contribution in [3.05, 3.63) is 22.8 Å². The zero-order valence-electron chi connectivity index (χ0n) is 11.6. The largest absolute Gasteiger partial charge is 0.370 e. The summed E-state index contributed by atoms with van der Waals surface area (Å²) in [5.74, 6) is -0.0574. The highest BCUT2D eigenvalue weighted by Crippen LogP contribution is 2.17. The molecule has 2 amide bonds. The summed E-state index contributed by atoms with van der Waals surface area (Å²) in [5, 5.41) is 8.44. The van der Waals surface area contributed by atoms with E-state index in [4.69, 9.17) is 11.6 Å². The maximum Gasteiger partial charge on any atom is 0.253 e. The standard InChI is InChI=1S/C13H19ClN4O2/c1-3-5-16-12(19)8-18-13(20)9-6-11(15-4-2)17-7-10(9)14/h6-7H,3-5,8H2,1-2H3,(H,15,17)(H,16,19)(H,18,20). The van der Waals surface area contributed by atoms with Crippen molar-refractivity contribution >= 4 is 29.2 Å². The van der Waals surface area contributed by atoms with E-state index in [1.54, 1.807) is 6.07 Å². The van der Waals surface area contributed by atoms with Crippen LogP contribution in [0.2, 0.25) is 5.02 Å². The van der Waals surface area contributed by atoms with Crippen LogP contribution in [0.3, 0.4) is 0 Å². The monoisotopic (exact) mass is 298 g/mol. The number of anilines is 1. The van der Waals surface area contributed by atoms with Crippen molar-refractivity contribution in [2.45, 2.75) is 20.3 Å². The second-order valence-corrected chi connectivity index (χ2v) is 4.52. The third-order valence-corrected chi connectivity index (χ3v) is 2.74. The molecular formula is C13H19ClN4O2. The topological polar surface area (TPSA) is 83.1 Å². The van der Waals surface area contributed by atoms with E-state index >= 15 is 0 Å². The van der Waals surface area contributed by atoms with Gasteiger partial charge < -0.3 is 16.0 Å². The average molecular weight is 299 g/mol. The van der Waals surface area contributed by atoms with Crippen molar-refractivity contribution < 1.29 is 9.59 Å². The average Bonchev–Trinajstić information content (AvgIpc) is 2.44. The number of halogens is 1. The van der Waals surface area contributed by atoms with Crippen LogP contribution in [-0.2, 0) is 4.79 Å². The van der Waals surface area contributed by atoms with Gasteiger partial charge in [-0.2, -0.15) is 0 Å². The van der Waals surface area contributed by atoms with Gasteiger partial charge in [0.15, 0.2) is 0 Å². The summed E-state index contributed by atoms with van der Waals surface area (Å²) in [6.07, 6.45) is 2.26. The molecule has 0 saturated heterocycles. The minimum atomic E-state index is -0.400. The minimum absolute atomic E-state index is 0.0754. The number of nitrogens with one attached hydrogen (secondary N) is 3. The van der Waals surface area contributed by atoms with Crippen LogP contribution in [0.4, 0.5) is 5.82 Å². The Balaban J connectivity index is 2.62. The lowest BCUT2D eigenvalue weighted by molar-refractivity contribution is -0.120. The molecule has 7 heteroatoms. The Morgan fingerprint density at radius 2 is 2.05 bits per heavy atom. The first-order valence-electron chi connectivity index (χ1n) is 6.52. The maximum atomic E-state index is 12.0. The van der Waals surface area contributed by atoms with E-state index in [1.165, 1.54) is 6.20 Å². The summed E-state index contributed by atoms with van der Waals surface area (Å²) in [5.41, 5.74) is 0.293. The van der Waals surface area contributed by atoms with Crippen molar-refractivity contribution in [3.63, 3.8) is 0 Å². The first kappa shape index (κ1) is 16.2. The second kappa shape index (κ2) is 8.37. The highest BCUT2D eigenvalue weighted by Gasteiger charge is 2.13. The summed E-state index contributed by atoms with van der Waals surface area (Å²) in [6.45, 7) is 5.09. The van der Waals surface area contributed by atoms with Crippen LogP contribution in [0.1, 0.15) is 30.6 Å². The fraction of sp³-hybridized carbons (Fsp3) is 0.462. The Hall–Kier alpha value is -1.82. The maximum absolute atomic E-state index is 12.0. The molecule has 0 spiro atoms. The lowest BCUT2D eigenvalue weighted by Crippen LogP contribution is -2.37. The molecule has 0 aliphatic rings. The predicted molar refractivity (Wildman–Crippen MR) is 79.0 cm³/mol. The van der Waals surface area contributed by atoms with Gasteiger partial charge in [0.25, 0.3) is 5.91 Å². The molecule has 1 aromatic heterocycles. The SMILES string of the molecule is CCCNC(=O)CNC(=O)c1cc(NCC)ncc1Cl. The van der Waals surface area contributed by atoms with Gasteiger partial charge in [-0.05, 0) is 19.4 Å². The Bertz CT molecular complexity index is 479. The molecule has 0 aliphatic heterocycles. The van der Waals surface area contributed by atoms with Crippen molar-refractivity contribution in [3.8, 4) is 0 Å². The Labute approximate surface area is 123 Å². The van der Waals surface area contributed by atoms with Gasteiger partial charge in [-0.25, -0.2) is 4.98 Å². The third-order valence-electron chi connectivity index (χ3n) is 2.44. The van der Waals surface area contributed by atoms with Crippen LogP contribution in [0.25, 0.3) is 0 Å². The van der Waals surface area contributed by atoms with Gasteiger partial charge in [0, 0.05) is 19.3 Å². The summed E-state index contributed by atoms with van der Waals surface area (Å²) in [7, 11) is 0. The summed E-state index contributed by atoms with van der Waals surface area (Å²) in [4.78, 5) is 27.4. The fourth-order valence-electron chi connectivity index (χ4n) is 1.47. The van der Waals surface area contributed by atoms with Crippen LogP contribution in [0.5, 0.6) is 0 Å². The summed E-state index contributed by atoms with van der Waals surface area (Å²) in [6, 6.07) is 1.56. The molecule has 0 bridgehead atoms. The van der Waals surface area contributed by atoms with Crippen LogP contribution in [-0.4, -0.2) is 36.4 Å². The zero-order valence-corrected chi connectivity index (χ0v) is 12.4. The van der Waals surface area contributed by atoms with Crippen LogP contribution < -0.4 is 16.0 Å². The van der Waals surface area contributed by atoms with E-state index in [0.29, 0.717) is 24.5 Å². The molecule has 3 N–H and O–H groups in total. The van der Waals surface area contributed by atoms with Crippen molar-refractivity contribution in [2.24, 2.45) is 0 Å². The van der Waals surface area contributed by atoms with E-state index in [1.807, 2.05) is 13.8 Å². The Morgan fingerprint density at radius 1 is 1.30 bits per heavy atom. The van der Waals surface area contributed by atoms with Crippen molar-refractivity contribution in [2.75, 3.05) is 25.0 Å². The Kier molecular flexibility index (Phi) is 6.79. The number of rotatable bonds is 7. The number of carbonyl (C=O) groups excluding carboxylic acids is 2. The third kappa shape index (κ3) is 5.05. The molecular weight excluding hydrogens is 280 g/mol. The molecule has 1 aromatic rings. The molecule has 0 unspecified atom stereocenters. The van der Waals surface area contributed by atoms with Gasteiger partial charge in [0.1, 0.15) is 5.82 Å². The number of nitrogens with zero attached hydrogens (tertiary/aromatic N) is 1. The molecule has 0 aliphatic carbocycles. The van der Waals surface area contributed by atoms with Crippen LogP contribution in [0.15, 0.2) is 12.3 Å². The molecule has 110 valence electrons. The summed E-state index contributed by atoms with van der Waals surface area (Å²) < 4.78 is 0. The van der Waals surface area contributed by atoms with Crippen LogP contribution >= 0.6 is 11.6 Å². The van der Waals surface area contributed by atoms with Gasteiger partial charge in [-0.3, -0.25) is 9.59 Å². The quantitative estimate of drug-likeness (QED) is 0.711. The van der Waals surface area contributed by atoms with E-state index in [9.17, 15) is 9.59 Å². The first-order valence-corrected chi connectivity index (χ1v) is 6.90. The van der Waals surface area contributed by atoms with E-state index < -0.39 is 5.91 Å². The molecule has 1 heterocycles. The van der Waals surface area contributed by atoms with Gasteiger partial charge in [0.2, 0.25) is 5.91 Å². The van der Waals surface area contributed by atoms with Gasteiger partial charge in [-0.15, -0.1) is 0 Å². The number of aromatic nitrogens is 1. The molecule has 0 radical (unpaired) electrons. The van der Waals surface area contributed by atoms with Crippen molar-refractivity contribution in [1.82, 2.24) is 15.6 Å². The van der Waals surface area contributed by atoms with Crippen LogP contribution in [0, 0.1) is 0 Å². The number of hydrogen-bond donors (Lipinski definition) is 3. The highest BCUT2D eigenvalue weighted by molar-refractivity contribution is 6.33. The van der Waals surface area contributed by atoms with Gasteiger partial charge in [0.05, 0.1) is 17.1 Å². The lowest BCUT2D eigenvalue weighted by Gasteiger charge is -2.09. The van der Waals surface area contributed by atoms with E-state index in [2.05, 4.69) is 20.9 Å². The normalized spacial score (nSPS) is 9.95. The molecule has 0 aromatic carbocycles. The Morgan fingerprint density at radius 3 is 2.70 bits per heavy atom. The van der Waals surface area contributed by atoms with Gasteiger partial charge >= 0.3 is 0 Å². The lowest BCUT2D eigenvalue weighted by atomic mass is 10.2. The molecule has 0 fully saturated rings. The number of carbonyl (C=O) groups is 2. The zero-order chi connectivity index (χ0) is 15.0. The minimum Gasteiger partial charge on any atom is -0.370 e. The molecule has 1 rings (SSSR count). The molecule has 0 atom stereocenters. The number of hydrogen-bond acceptors (Lipinski definition) is 4. The van der Waals surface area contributed by atoms with E-state index in [0.717, 1.165) is 6.42 Å². The van der Waals surface area contributed by atoms with E-state index in [-0.39, 0.29) is 17.5 Å². The smallest absolute Gasteiger partial charge is 0.253 e. The second-order valence-electron chi connectivity index (χ2n) is 4.11. The van der Waals surface area contributed by atoms with Gasteiger partial charge in [-0.1, -0.05) is 18.5 Å². The highest BCUT2D eigenvalue weighted by atomic mass is 35.5. The summed E-state index contributed by atoms with van der Waals surface area (Å²) >= 11 is 5.94. The molecule has 0 saturated carbocycles. The fourth-order valence-corrected chi connectivity index (χ4v) is 1.66. The number of amides is 2. The number of pyridine rings is 1. The van der Waals surface area contributed by atoms with Crippen molar-refractivity contribution in [1.29, 1.82) is 0 Å².